The molecule has 0 saturated carbocycles. The van der Waals surface area contributed by atoms with Gasteiger partial charge in [-0.2, -0.15) is 0 Å². The zero-order valence-electron chi connectivity index (χ0n) is 19.1. The number of carbonyl (C=O) groups is 3. The summed E-state index contributed by atoms with van der Waals surface area (Å²) in [5.74, 6) is -2.08. The summed E-state index contributed by atoms with van der Waals surface area (Å²) in [6.45, 7) is 7.28. The minimum atomic E-state index is -0.693. The van der Waals surface area contributed by atoms with Gasteiger partial charge in [-0.15, -0.1) is 0 Å². The summed E-state index contributed by atoms with van der Waals surface area (Å²) in [7, 11) is 0. The van der Waals surface area contributed by atoms with Crippen LogP contribution in [0.2, 0.25) is 0 Å². The number of aliphatic hydroxyl groups excluding tert-OH is 3. The van der Waals surface area contributed by atoms with Gasteiger partial charge >= 0.3 is 17.9 Å². The average Bonchev–Trinajstić information content (AvgIpc) is 2.72. The van der Waals surface area contributed by atoms with Crippen LogP contribution in [0.15, 0.2) is 0 Å². The van der Waals surface area contributed by atoms with Gasteiger partial charge in [0.2, 0.25) is 0 Å². The van der Waals surface area contributed by atoms with E-state index in [1.165, 1.54) is 0 Å². The first-order valence-electron chi connectivity index (χ1n) is 10.5. The lowest BCUT2D eigenvalue weighted by Gasteiger charge is -2.24. The highest BCUT2D eigenvalue weighted by Gasteiger charge is 2.24. The molecule has 0 aromatic carbocycles. The number of hydrogen-bond acceptors (Lipinski definition) is 6. The highest BCUT2D eigenvalue weighted by atomic mass is 16.4. The van der Waals surface area contributed by atoms with Gasteiger partial charge in [-0.3, -0.25) is 14.4 Å². The molecule has 0 aliphatic carbocycles. The Labute approximate surface area is 180 Å². The number of unbranched alkanes of at least 4 members (excludes halogenated alkanes) is 3. The fourth-order valence-electron chi connectivity index (χ4n) is 1.47. The number of aliphatic carboxylic acids is 3. The molecule has 9 heteroatoms. The van der Waals surface area contributed by atoms with Crippen LogP contribution in [-0.2, 0) is 14.4 Å². The Balaban J connectivity index is -0.000000151. The summed E-state index contributed by atoms with van der Waals surface area (Å²) in [6, 6.07) is 0. The Bertz CT molecular complexity index is 334. The van der Waals surface area contributed by atoms with Gasteiger partial charge in [0.15, 0.2) is 0 Å². The summed E-state index contributed by atoms with van der Waals surface area (Å²) >= 11 is 0. The maximum absolute atomic E-state index is 9.76. The van der Waals surface area contributed by atoms with Crippen LogP contribution in [-0.4, -0.2) is 68.4 Å². The van der Waals surface area contributed by atoms with Crippen LogP contribution < -0.4 is 0 Å². The molecule has 0 bridgehead atoms. The van der Waals surface area contributed by atoms with E-state index in [2.05, 4.69) is 0 Å². The topological polar surface area (TPSA) is 173 Å². The molecule has 9 nitrogen and oxygen atoms in total. The van der Waals surface area contributed by atoms with Crippen molar-refractivity contribution in [1.29, 1.82) is 0 Å². The fraction of sp³-hybridized carbons (Fsp3) is 0.857. The van der Waals surface area contributed by atoms with Crippen LogP contribution in [0.1, 0.15) is 91.9 Å². The molecule has 0 heterocycles. The number of carboxylic acid groups (broad SMARTS) is 3. The second kappa shape index (κ2) is 27.3. The standard InChI is InChI=1S/C6H14O3.3C5H10O2/c1-2-6(3-7,4-8)5-9;3*1-2-3-4-5(6)7/h7-9H,2-5H2,1H3;3*2-4H2,1H3,(H,6,7). The quantitative estimate of drug-likeness (QED) is 0.251. The molecule has 0 fully saturated rings. The number of hydrogen-bond donors (Lipinski definition) is 6. The normalized spacial score (nSPS) is 9.70. The largest absolute Gasteiger partial charge is 0.481 e. The van der Waals surface area contributed by atoms with Crippen LogP contribution in [0.25, 0.3) is 0 Å². The molecular formula is C21H44O9. The second-order valence-corrected chi connectivity index (χ2v) is 6.82. The third kappa shape index (κ3) is 33.8. The zero-order chi connectivity index (χ0) is 24.4. The molecule has 0 rings (SSSR count). The van der Waals surface area contributed by atoms with Crippen molar-refractivity contribution >= 4 is 17.9 Å². The molecule has 0 aliphatic rings. The molecule has 182 valence electrons. The fourth-order valence-corrected chi connectivity index (χ4v) is 1.47. The van der Waals surface area contributed by atoms with E-state index < -0.39 is 23.3 Å². The van der Waals surface area contributed by atoms with E-state index in [9.17, 15) is 14.4 Å². The van der Waals surface area contributed by atoms with Gasteiger partial charge in [0.1, 0.15) is 0 Å². The molecule has 6 N–H and O–H groups in total. The monoisotopic (exact) mass is 440 g/mol. The Morgan fingerprint density at radius 2 is 0.800 bits per heavy atom. The van der Waals surface area contributed by atoms with E-state index in [0.717, 1.165) is 38.5 Å². The molecule has 0 amide bonds. The first-order chi connectivity index (χ1) is 14.1. The molecule has 0 unspecified atom stereocenters. The van der Waals surface area contributed by atoms with E-state index in [1.54, 1.807) is 0 Å². The molecule has 30 heavy (non-hydrogen) atoms. The van der Waals surface area contributed by atoms with Crippen molar-refractivity contribution in [2.24, 2.45) is 5.41 Å². The Kier molecular flexibility index (Phi) is 32.5. The Morgan fingerprint density at radius 3 is 0.833 bits per heavy atom. The SMILES string of the molecule is CCC(CO)(CO)CO.CCCCC(=O)O.CCCCC(=O)O.CCCCC(=O)O. The van der Waals surface area contributed by atoms with Crippen molar-refractivity contribution < 1.29 is 45.0 Å². The molecule has 0 spiro atoms. The van der Waals surface area contributed by atoms with E-state index in [1.807, 2.05) is 27.7 Å². The lowest BCUT2D eigenvalue weighted by atomic mass is 9.88. The van der Waals surface area contributed by atoms with Crippen LogP contribution >= 0.6 is 0 Å². The number of rotatable bonds is 13. The molecule has 0 aromatic rings. The molecule has 0 atom stereocenters. The van der Waals surface area contributed by atoms with Gasteiger partial charge in [-0.05, 0) is 25.7 Å². The van der Waals surface area contributed by atoms with E-state index in [0.29, 0.717) is 25.7 Å². The minimum absolute atomic E-state index is 0.156. The molecule has 0 radical (unpaired) electrons. The van der Waals surface area contributed by atoms with Crippen LogP contribution in [0.5, 0.6) is 0 Å². The van der Waals surface area contributed by atoms with E-state index >= 15 is 0 Å². The first kappa shape index (κ1) is 35.7. The van der Waals surface area contributed by atoms with Crippen LogP contribution in [0, 0.1) is 5.41 Å². The highest BCUT2D eigenvalue weighted by Crippen LogP contribution is 2.18. The van der Waals surface area contributed by atoms with Gasteiger partial charge < -0.3 is 30.6 Å². The van der Waals surface area contributed by atoms with E-state index in [-0.39, 0.29) is 19.8 Å². The van der Waals surface area contributed by atoms with Gasteiger partial charge in [0.25, 0.3) is 0 Å². The number of carboxylic acids is 3. The van der Waals surface area contributed by atoms with E-state index in [4.69, 9.17) is 30.6 Å². The summed E-state index contributed by atoms with van der Waals surface area (Å²) in [6.07, 6.45) is 6.84. The summed E-state index contributed by atoms with van der Waals surface area (Å²) in [5.41, 5.74) is -0.667. The van der Waals surface area contributed by atoms with Crippen molar-refractivity contribution in [3.05, 3.63) is 0 Å². The average molecular weight is 441 g/mol. The molecule has 0 saturated heterocycles. The first-order valence-corrected chi connectivity index (χ1v) is 10.5. The minimum Gasteiger partial charge on any atom is -0.481 e. The van der Waals surface area contributed by atoms with Crippen molar-refractivity contribution in [1.82, 2.24) is 0 Å². The lowest BCUT2D eigenvalue weighted by molar-refractivity contribution is -0.138. The summed E-state index contributed by atoms with van der Waals surface area (Å²) < 4.78 is 0. The smallest absolute Gasteiger partial charge is 0.303 e. The molecule has 0 aromatic heterocycles. The third-order valence-electron chi connectivity index (χ3n) is 3.99. The van der Waals surface area contributed by atoms with Gasteiger partial charge in [-0.1, -0.05) is 47.0 Å². The van der Waals surface area contributed by atoms with Crippen LogP contribution in [0.3, 0.4) is 0 Å². The van der Waals surface area contributed by atoms with Crippen molar-refractivity contribution in [2.45, 2.75) is 91.9 Å². The lowest BCUT2D eigenvalue weighted by Crippen LogP contribution is -2.32. The Morgan fingerprint density at radius 1 is 0.567 bits per heavy atom. The molecular weight excluding hydrogens is 396 g/mol. The predicted octanol–water partition coefficient (Wildman–Crippen LogP) is 3.14. The van der Waals surface area contributed by atoms with Crippen LogP contribution in [0.4, 0.5) is 0 Å². The Hall–Kier alpha value is -1.71. The van der Waals surface area contributed by atoms with Gasteiger partial charge in [0, 0.05) is 24.7 Å². The summed E-state index contributed by atoms with van der Waals surface area (Å²) in [4.78, 5) is 29.3. The van der Waals surface area contributed by atoms with Gasteiger partial charge in [0.05, 0.1) is 19.8 Å². The summed E-state index contributed by atoms with van der Waals surface area (Å²) in [5, 5.41) is 50.1. The predicted molar refractivity (Wildman–Crippen MR) is 115 cm³/mol. The molecule has 0 aliphatic heterocycles. The van der Waals surface area contributed by atoms with Gasteiger partial charge in [-0.25, -0.2) is 0 Å². The third-order valence-corrected chi connectivity index (χ3v) is 3.99. The second-order valence-electron chi connectivity index (χ2n) is 6.82. The highest BCUT2D eigenvalue weighted by molar-refractivity contribution is 5.67. The van der Waals surface area contributed by atoms with Crippen molar-refractivity contribution in [3.63, 3.8) is 0 Å². The zero-order valence-corrected chi connectivity index (χ0v) is 19.1. The maximum atomic E-state index is 9.76. The number of aliphatic hydroxyl groups is 3. The maximum Gasteiger partial charge on any atom is 0.303 e. The van der Waals surface area contributed by atoms with Crippen molar-refractivity contribution in [3.8, 4) is 0 Å². The van der Waals surface area contributed by atoms with Crippen molar-refractivity contribution in [2.75, 3.05) is 19.8 Å².